The molecular formula is C16H29N5. The molecule has 2 rings (SSSR count). The Bertz CT molecular complexity index is 419. The molecule has 0 aromatic carbocycles. The molecule has 1 fully saturated rings. The van der Waals surface area contributed by atoms with E-state index in [1.165, 1.54) is 0 Å². The van der Waals surface area contributed by atoms with E-state index < -0.39 is 0 Å². The quantitative estimate of drug-likeness (QED) is 0.895. The maximum absolute atomic E-state index is 4.60. The van der Waals surface area contributed by atoms with Crippen LogP contribution in [0.4, 0.5) is 5.82 Å². The van der Waals surface area contributed by atoms with Crippen LogP contribution in [0.1, 0.15) is 33.4 Å². The van der Waals surface area contributed by atoms with Crippen LogP contribution in [0.25, 0.3) is 0 Å². The van der Waals surface area contributed by atoms with E-state index in [-0.39, 0.29) is 0 Å². The highest BCUT2D eigenvalue weighted by molar-refractivity contribution is 5.37. The summed E-state index contributed by atoms with van der Waals surface area (Å²) in [6.07, 6.45) is 3.81. The van der Waals surface area contributed by atoms with Gasteiger partial charge in [-0.2, -0.15) is 0 Å². The fourth-order valence-electron chi connectivity index (χ4n) is 2.68. The van der Waals surface area contributed by atoms with Crippen molar-refractivity contribution in [3.63, 3.8) is 0 Å². The molecular weight excluding hydrogens is 262 g/mol. The molecule has 0 spiro atoms. The summed E-state index contributed by atoms with van der Waals surface area (Å²) >= 11 is 0. The van der Waals surface area contributed by atoms with Gasteiger partial charge in [0.05, 0.1) is 18.1 Å². The van der Waals surface area contributed by atoms with Crippen molar-refractivity contribution in [2.24, 2.45) is 5.92 Å². The van der Waals surface area contributed by atoms with Crippen molar-refractivity contribution in [2.45, 2.75) is 46.3 Å². The number of hydrogen-bond acceptors (Lipinski definition) is 5. The van der Waals surface area contributed by atoms with Crippen LogP contribution in [0.3, 0.4) is 0 Å². The average Bonchev–Trinajstić information content (AvgIpc) is 2.44. The minimum absolute atomic E-state index is 0.544. The zero-order valence-corrected chi connectivity index (χ0v) is 14.0. The standard InChI is InChI=1S/C16H29N5/c1-12(2)6-17-7-15-8-19-16(9-18-15)21-10-13(3)20(5)14(4)11-21/h8-9,12-14,17H,6-7,10-11H2,1-5H3. The van der Waals surface area contributed by atoms with Crippen LogP contribution in [0, 0.1) is 5.92 Å². The second-order valence-corrected chi connectivity index (χ2v) is 6.66. The molecule has 1 aliphatic heterocycles. The van der Waals surface area contributed by atoms with E-state index in [0.29, 0.717) is 18.0 Å². The molecule has 5 nitrogen and oxygen atoms in total. The molecule has 0 amide bonds. The largest absolute Gasteiger partial charge is 0.352 e. The first-order chi connectivity index (χ1) is 9.97. The third-order valence-electron chi connectivity index (χ3n) is 4.23. The first-order valence-corrected chi connectivity index (χ1v) is 7.96. The minimum atomic E-state index is 0.544. The van der Waals surface area contributed by atoms with Crippen LogP contribution in [-0.2, 0) is 6.54 Å². The van der Waals surface area contributed by atoms with Crippen molar-refractivity contribution in [3.05, 3.63) is 18.1 Å². The lowest BCUT2D eigenvalue weighted by molar-refractivity contribution is 0.169. The van der Waals surface area contributed by atoms with Gasteiger partial charge >= 0.3 is 0 Å². The number of rotatable bonds is 5. The van der Waals surface area contributed by atoms with Crippen molar-refractivity contribution >= 4 is 5.82 Å². The van der Waals surface area contributed by atoms with Crippen LogP contribution in [0.5, 0.6) is 0 Å². The number of nitrogens with zero attached hydrogens (tertiary/aromatic N) is 4. The summed E-state index contributed by atoms with van der Waals surface area (Å²) in [5, 5.41) is 3.40. The van der Waals surface area contributed by atoms with Gasteiger partial charge in [0.2, 0.25) is 0 Å². The maximum atomic E-state index is 4.60. The molecule has 0 bridgehead atoms. The predicted octanol–water partition coefficient (Wildman–Crippen LogP) is 1.75. The zero-order valence-electron chi connectivity index (χ0n) is 14.0. The smallest absolute Gasteiger partial charge is 0.147 e. The van der Waals surface area contributed by atoms with E-state index in [9.17, 15) is 0 Å². The Morgan fingerprint density at radius 1 is 1.19 bits per heavy atom. The Labute approximate surface area is 128 Å². The van der Waals surface area contributed by atoms with Gasteiger partial charge in [-0.3, -0.25) is 9.88 Å². The molecule has 1 aromatic heterocycles. The molecule has 1 aromatic rings. The second kappa shape index (κ2) is 7.18. The van der Waals surface area contributed by atoms with Gasteiger partial charge in [0.25, 0.3) is 0 Å². The summed E-state index contributed by atoms with van der Waals surface area (Å²) < 4.78 is 0. The SMILES string of the molecule is CC(C)CNCc1cnc(N2CC(C)N(C)C(C)C2)cn1. The van der Waals surface area contributed by atoms with E-state index in [0.717, 1.165) is 37.7 Å². The number of nitrogens with one attached hydrogen (secondary N) is 1. The van der Waals surface area contributed by atoms with Crippen molar-refractivity contribution in [2.75, 3.05) is 31.6 Å². The van der Waals surface area contributed by atoms with Crippen LogP contribution in [-0.4, -0.2) is 53.6 Å². The second-order valence-electron chi connectivity index (χ2n) is 6.66. The predicted molar refractivity (Wildman–Crippen MR) is 87.5 cm³/mol. The van der Waals surface area contributed by atoms with E-state index in [1.807, 2.05) is 12.4 Å². The molecule has 1 N–H and O–H groups in total. The Morgan fingerprint density at radius 3 is 2.38 bits per heavy atom. The highest BCUT2D eigenvalue weighted by Crippen LogP contribution is 2.18. The molecule has 118 valence electrons. The number of anilines is 1. The summed E-state index contributed by atoms with van der Waals surface area (Å²) in [5.41, 5.74) is 1.01. The fourth-order valence-corrected chi connectivity index (χ4v) is 2.68. The van der Waals surface area contributed by atoms with Gasteiger partial charge in [0.1, 0.15) is 5.82 Å². The Hall–Kier alpha value is -1.20. The lowest BCUT2D eigenvalue weighted by atomic mass is 10.1. The number of hydrogen-bond donors (Lipinski definition) is 1. The molecule has 21 heavy (non-hydrogen) atoms. The molecule has 2 heterocycles. The summed E-state index contributed by atoms with van der Waals surface area (Å²) in [6, 6.07) is 1.09. The third-order valence-corrected chi connectivity index (χ3v) is 4.23. The minimum Gasteiger partial charge on any atom is -0.352 e. The Kier molecular flexibility index (Phi) is 5.53. The van der Waals surface area contributed by atoms with Crippen LogP contribution >= 0.6 is 0 Å². The number of aromatic nitrogens is 2. The molecule has 1 saturated heterocycles. The van der Waals surface area contributed by atoms with E-state index in [4.69, 9.17) is 0 Å². The van der Waals surface area contributed by atoms with Gasteiger partial charge in [-0.1, -0.05) is 13.8 Å². The van der Waals surface area contributed by atoms with Gasteiger partial charge in [0.15, 0.2) is 0 Å². The topological polar surface area (TPSA) is 44.3 Å². The van der Waals surface area contributed by atoms with Gasteiger partial charge in [-0.05, 0) is 33.4 Å². The molecule has 0 radical (unpaired) electrons. The van der Waals surface area contributed by atoms with Crippen molar-refractivity contribution in [3.8, 4) is 0 Å². The normalized spacial score (nSPS) is 23.8. The van der Waals surface area contributed by atoms with E-state index in [1.54, 1.807) is 0 Å². The molecule has 2 unspecified atom stereocenters. The summed E-state index contributed by atoms with van der Waals surface area (Å²) in [7, 11) is 2.20. The van der Waals surface area contributed by atoms with Crippen molar-refractivity contribution < 1.29 is 0 Å². The van der Waals surface area contributed by atoms with Gasteiger partial charge in [-0.15, -0.1) is 0 Å². The summed E-state index contributed by atoms with van der Waals surface area (Å²) in [5.74, 6) is 1.65. The highest BCUT2D eigenvalue weighted by atomic mass is 15.3. The Morgan fingerprint density at radius 2 is 1.86 bits per heavy atom. The summed E-state index contributed by atoms with van der Waals surface area (Å²) in [6.45, 7) is 12.8. The highest BCUT2D eigenvalue weighted by Gasteiger charge is 2.27. The molecule has 1 aliphatic rings. The van der Waals surface area contributed by atoms with Crippen molar-refractivity contribution in [1.82, 2.24) is 20.2 Å². The van der Waals surface area contributed by atoms with Crippen molar-refractivity contribution in [1.29, 1.82) is 0 Å². The maximum Gasteiger partial charge on any atom is 0.147 e. The van der Waals surface area contributed by atoms with Gasteiger partial charge in [-0.25, -0.2) is 4.98 Å². The zero-order chi connectivity index (χ0) is 15.4. The fraction of sp³-hybridized carbons (Fsp3) is 0.750. The molecule has 0 saturated carbocycles. The third kappa shape index (κ3) is 4.38. The van der Waals surface area contributed by atoms with Crippen LogP contribution in [0.2, 0.25) is 0 Å². The lowest BCUT2D eigenvalue weighted by Crippen LogP contribution is -2.55. The van der Waals surface area contributed by atoms with Gasteiger partial charge < -0.3 is 10.2 Å². The lowest BCUT2D eigenvalue weighted by Gasteiger charge is -2.42. The first-order valence-electron chi connectivity index (χ1n) is 7.96. The monoisotopic (exact) mass is 291 g/mol. The van der Waals surface area contributed by atoms with E-state index in [2.05, 4.69) is 59.8 Å². The molecule has 0 aliphatic carbocycles. The summed E-state index contributed by atoms with van der Waals surface area (Å²) in [4.78, 5) is 13.9. The molecule has 5 heteroatoms. The van der Waals surface area contributed by atoms with Crippen LogP contribution in [0.15, 0.2) is 12.4 Å². The first kappa shape index (κ1) is 16.2. The number of likely N-dealkylation sites (N-methyl/N-ethyl adjacent to an activating group) is 1. The van der Waals surface area contributed by atoms with Gasteiger partial charge in [0, 0.05) is 31.7 Å². The average molecular weight is 291 g/mol. The number of piperazine rings is 1. The molecule has 2 atom stereocenters. The Balaban J connectivity index is 1.92. The van der Waals surface area contributed by atoms with Crippen LogP contribution < -0.4 is 10.2 Å². The van der Waals surface area contributed by atoms with E-state index >= 15 is 0 Å².